The number of carbonyl (C=O) groups excluding carboxylic acids is 1. The van der Waals surface area contributed by atoms with Crippen LogP contribution in [0.2, 0.25) is 0 Å². The van der Waals surface area contributed by atoms with Crippen LogP contribution in [0.15, 0.2) is 18.3 Å². The Morgan fingerprint density at radius 2 is 2.17 bits per heavy atom. The molecule has 2 amide bonds. The van der Waals surface area contributed by atoms with Crippen molar-refractivity contribution in [3.63, 3.8) is 0 Å². The summed E-state index contributed by atoms with van der Waals surface area (Å²) in [6.45, 7) is 7.13. The molecule has 0 aliphatic carbocycles. The highest BCUT2D eigenvalue weighted by atomic mass is 16.5. The zero-order chi connectivity index (χ0) is 16.1. The Bertz CT molecular complexity index is 514. The second-order valence-corrected chi connectivity index (χ2v) is 6.30. The summed E-state index contributed by atoms with van der Waals surface area (Å²) in [6.07, 6.45) is 5.21. The summed E-state index contributed by atoms with van der Waals surface area (Å²) >= 11 is 0. The largest absolute Gasteiger partial charge is 0.378 e. The molecule has 2 aliphatic heterocycles. The number of carbonyl (C=O) groups is 1. The van der Waals surface area contributed by atoms with Crippen molar-refractivity contribution in [3.8, 4) is 0 Å². The van der Waals surface area contributed by atoms with Crippen molar-refractivity contribution in [3.05, 3.63) is 18.3 Å². The standard InChI is InChI=1S/C17H26N4O2/c1-2-14-4-3-7-21(13-14)17(22)19-15-5-6-16(18-12-15)20-8-10-23-11-9-20/h5-6,12,14H,2-4,7-11,13H2,1H3,(H,19,22)/t14-/m0/s1. The molecule has 2 aliphatic rings. The number of hydrogen-bond donors (Lipinski definition) is 1. The molecule has 23 heavy (non-hydrogen) atoms. The van der Waals surface area contributed by atoms with E-state index in [1.54, 1.807) is 6.20 Å². The van der Waals surface area contributed by atoms with Gasteiger partial charge in [-0.1, -0.05) is 13.3 Å². The lowest BCUT2D eigenvalue weighted by atomic mass is 9.96. The van der Waals surface area contributed by atoms with Crippen LogP contribution >= 0.6 is 0 Å². The maximum Gasteiger partial charge on any atom is 0.321 e. The molecule has 1 aromatic heterocycles. The molecule has 1 atom stereocenters. The van der Waals surface area contributed by atoms with Crippen molar-refractivity contribution in [2.75, 3.05) is 49.6 Å². The van der Waals surface area contributed by atoms with Crippen molar-refractivity contribution in [2.24, 2.45) is 5.92 Å². The van der Waals surface area contributed by atoms with E-state index in [9.17, 15) is 4.79 Å². The molecule has 0 unspecified atom stereocenters. The van der Waals surface area contributed by atoms with Gasteiger partial charge in [0.15, 0.2) is 0 Å². The minimum atomic E-state index is -0.0101. The van der Waals surface area contributed by atoms with Crippen molar-refractivity contribution < 1.29 is 9.53 Å². The Labute approximate surface area is 137 Å². The second-order valence-electron chi connectivity index (χ2n) is 6.30. The number of anilines is 2. The fourth-order valence-electron chi connectivity index (χ4n) is 3.22. The number of piperidine rings is 1. The van der Waals surface area contributed by atoms with Crippen LogP contribution in [0.1, 0.15) is 26.2 Å². The average molecular weight is 318 g/mol. The molecule has 6 nitrogen and oxygen atoms in total. The number of ether oxygens (including phenoxy) is 1. The van der Waals surface area contributed by atoms with Crippen LogP contribution in [0.5, 0.6) is 0 Å². The zero-order valence-corrected chi connectivity index (χ0v) is 13.8. The molecule has 2 saturated heterocycles. The fraction of sp³-hybridized carbons (Fsp3) is 0.647. The first kappa shape index (κ1) is 16.1. The number of rotatable bonds is 3. The molecule has 0 spiro atoms. The summed E-state index contributed by atoms with van der Waals surface area (Å²) in [5.74, 6) is 1.58. The van der Waals surface area contributed by atoms with Gasteiger partial charge in [0.2, 0.25) is 0 Å². The third-order valence-electron chi connectivity index (χ3n) is 4.72. The summed E-state index contributed by atoms with van der Waals surface area (Å²) in [5, 5.41) is 2.97. The van der Waals surface area contributed by atoms with Gasteiger partial charge in [0.05, 0.1) is 25.1 Å². The Hall–Kier alpha value is -1.82. The predicted molar refractivity (Wildman–Crippen MR) is 90.9 cm³/mol. The number of urea groups is 1. The van der Waals surface area contributed by atoms with Crippen LogP contribution in [0.25, 0.3) is 0 Å². The molecule has 0 radical (unpaired) electrons. The van der Waals surface area contributed by atoms with Gasteiger partial charge in [0, 0.05) is 26.2 Å². The van der Waals surface area contributed by atoms with Crippen LogP contribution in [-0.2, 0) is 4.74 Å². The molecule has 3 rings (SSSR count). The highest BCUT2D eigenvalue weighted by Gasteiger charge is 2.22. The van der Waals surface area contributed by atoms with E-state index in [2.05, 4.69) is 22.1 Å². The van der Waals surface area contributed by atoms with E-state index in [1.807, 2.05) is 17.0 Å². The van der Waals surface area contributed by atoms with Gasteiger partial charge in [-0.15, -0.1) is 0 Å². The lowest BCUT2D eigenvalue weighted by molar-refractivity contribution is 0.122. The van der Waals surface area contributed by atoms with Crippen molar-refractivity contribution in [2.45, 2.75) is 26.2 Å². The minimum Gasteiger partial charge on any atom is -0.378 e. The molecule has 2 fully saturated rings. The number of pyridine rings is 1. The number of hydrogen-bond acceptors (Lipinski definition) is 4. The Morgan fingerprint density at radius 3 is 2.87 bits per heavy atom. The maximum absolute atomic E-state index is 12.4. The fourth-order valence-corrected chi connectivity index (χ4v) is 3.22. The Morgan fingerprint density at radius 1 is 1.35 bits per heavy atom. The number of amides is 2. The molecular formula is C17H26N4O2. The molecule has 0 saturated carbocycles. The van der Waals surface area contributed by atoms with E-state index >= 15 is 0 Å². The monoisotopic (exact) mass is 318 g/mol. The minimum absolute atomic E-state index is 0.0101. The molecule has 126 valence electrons. The first-order valence-electron chi connectivity index (χ1n) is 8.61. The Balaban J connectivity index is 1.56. The van der Waals surface area contributed by atoms with E-state index < -0.39 is 0 Å². The van der Waals surface area contributed by atoms with E-state index in [4.69, 9.17) is 4.74 Å². The zero-order valence-electron chi connectivity index (χ0n) is 13.8. The lowest BCUT2D eigenvalue weighted by Crippen LogP contribution is -2.42. The summed E-state index contributed by atoms with van der Waals surface area (Å²) in [4.78, 5) is 21.0. The molecule has 1 N–H and O–H groups in total. The van der Waals surface area contributed by atoms with E-state index in [0.29, 0.717) is 5.92 Å². The number of nitrogens with zero attached hydrogens (tertiary/aromatic N) is 3. The number of nitrogens with one attached hydrogen (secondary N) is 1. The van der Waals surface area contributed by atoms with E-state index in [-0.39, 0.29) is 6.03 Å². The normalized spacial score (nSPS) is 22.0. The van der Waals surface area contributed by atoms with Gasteiger partial charge >= 0.3 is 6.03 Å². The van der Waals surface area contributed by atoms with Crippen molar-refractivity contribution >= 4 is 17.5 Å². The first-order chi connectivity index (χ1) is 11.3. The summed E-state index contributed by atoms with van der Waals surface area (Å²) < 4.78 is 5.35. The summed E-state index contributed by atoms with van der Waals surface area (Å²) in [6, 6.07) is 3.88. The molecule has 0 aromatic carbocycles. The van der Waals surface area contributed by atoms with E-state index in [0.717, 1.165) is 63.7 Å². The van der Waals surface area contributed by atoms with Crippen LogP contribution in [0, 0.1) is 5.92 Å². The third kappa shape index (κ3) is 4.13. The quantitative estimate of drug-likeness (QED) is 0.930. The van der Waals surface area contributed by atoms with Crippen LogP contribution in [0.3, 0.4) is 0 Å². The van der Waals surface area contributed by atoms with E-state index in [1.165, 1.54) is 6.42 Å². The van der Waals surface area contributed by atoms with Gasteiger partial charge < -0.3 is 19.9 Å². The van der Waals surface area contributed by atoms with Gasteiger partial charge in [-0.05, 0) is 30.9 Å². The molecule has 0 bridgehead atoms. The molecule has 6 heteroatoms. The lowest BCUT2D eigenvalue weighted by Gasteiger charge is -2.32. The van der Waals surface area contributed by atoms with Gasteiger partial charge in [0.25, 0.3) is 0 Å². The van der Waals surface area contributed by atoms with Crippen LogP contribution in [0.4, 0.5) is 16.3 Å². The van der Waals surface area contributed by atoms with Gasteiger partial charge in [0.1, 0.15) is 5.82 Å². The highest BCUT2D eigenvalue weighted by molar-refractivity contribution is 5.89. The van der Waals surface area contributed by atoms with Crippen molar-refractivity contribution in [1.29, 1.82) is 0 Å². The average Bonchev–Trinajstić information content (AvgIpc) is 2.63. The summed E-state index contributed by atoms with van der Waals surface area (Å²) in [7, 11) is 0. The van der Waals surface area contributed by atoms with Crippen LogP contribution in [-0.4, -0.2) is 55.3 Å². The molecular weight excluding hydrogens is 292 g/mol. The smallest absolute Gasteiger partial charge is 0.321 e. The predicted octanol–water partition coefficient (Wildman–Crippen LogP) is 2.57. The van der Waals surface area contributed by atoms with Crippen molar-refractivity contribution in [1.82, 2.24) is 9.88 Å². The molecule has 3 heterocycles. The number of morpholine rings is 1. The number of aromatic nitrogens is 1. The third-order valence-corrected chi connectivity index (χ3v) is 4.72. The second kappa shape index (κ2) is 7.64. The summed E-state index contributed by atoms with van der Waals surface area (Å²) in [5.41, 5.74) is 0.755. The topological polar surface area (TPSA) is 57.7 Å². The van der Waals surface area contributed by atoms with Gasteiger partial charge in [-0.25, -0.2) is 9.78 Å². The first-order valence-corrected chi connectivity index (χ1v) is 8.61. The molecule has 1 aromatic rings. The highest BCUT2D eigenvalue weighted by Crippen LogP contribution is 2.20. The van der Waals surface area contributed by atoms with Gasteiger partial charge in [-0.2, -0.15) is 0 Å². The maximum atomic E-state index is 12.4. The SMILES string of the molecule is CC[C@H]1CCCN(C(=O)Nc2ccc(N3CCOCC3)nc2)C1. The number of likely N-dealkylation sites (tertiary alicyclic amines) is 1. The van der Waals surface area contributed by atoms with Gasteiger partial charge in [-0.3, -0.25) is 0 Å². The Kier molecular flexibility index (Phi) is 5.33. The van der Waals surface area contributed by atoms with Crippen LogP contribution < -0.4 is 10.2 Å².